The number of hydrogen-bond donors (Lipinski definition) is 2. The van der Waals surface area contributed by atoms with Crippen LogP contribution in [0.3, 0.4) is 0 Å². The van der Waals surface area contributed by atoms with E-state index in [9.17, 15) is 4.79 Å². The molecule has 0 saturated carbocycles. The molecule has 0 spiro atoms. The summed E-state index contributed by atoms with van der Waals surface area (Å²) in [4.78, 5) is 13.4. The van der Waals surface area contributed by atoms with Gasteiger partial charge in [-0.05, 0) is 48.2 Å². The minimum atomic E-state index is -0.475. The third-order valence-electron chi connectivity index (χ3n) is 5.40. The number of anilines is 1. The zero-order valence-corrected chi connectivity index (χ0v) is 19.8. The minimum Gasteiger partial charge on any atom is -0.495 e. The van der Waals surface area contributed by atoms with Gasteiger partial charge in [0.1, 0.15) is 11.0 Å². The van der Waals surface area contributed by atoms with Crippen molar-refractivity contribution in [1.29, 1.82) is 0 Å². The van der Waals surface area contributed by atoms with E-state index < -0.39 is 5.25 Å². The highest BCUT2D eigenvalue weighted by atomic mass is 35.5. The van der Waals surface area contributed by atoms with E-state index in [1.807, 2.05) is 47.1 Å². The Balaban J connectivity index is 1.66. The Morgan fingerprint density at radius 3 is 2.66 bits per heavy atom. The Labute approximate surface area is 196 Å². The molecule has 4 rings (SSSR count). The molecule has 0 bridgehead atoms. The van der Waals surface area contributed by atoms with Crippen molar-refractivity contribution < 1.29 is 9.53 Å². The van der Waals surface area contributed by atoms with Crippen molar-refractivity contribution in [2.45, 2.75) is 49.6 Å². The largest absolute Gasteiger partial charge is 0.495 e. The fraction of sp³-hybridized carbons (Fsp3) is 0.348. The van der Waals surface area contributed by atoms with Gasteiger partial charge in [0.05, 0.1) is 18.2 Å². The molecule has 3 aromatic rings. The van der Waals surface area contributed by atoms with E-state index in [-0.39, 0.29) is 11.9 Å². The van der Waals surface area contributed by atoms with Gasteiger partial charge in [0.2, 0.25) is 11.1 Å². The zero-order valence-electron chi connectivity index (χ0n) is 18.3. The van der Waals surface area contributed by atoms with Gasteiger partial charge in [-0.1, -0.05) is 55.4 Å². The number of aryl methyl sites for hydroxylation is 2. The minimum absolute atomic E-state index is 0.116. The fourth-order valence-electron chi connectivity index (χ4n) is 3.65. The molecule has 2 heterocycles. The van der Waals surface area contributed by atoms with Gasteiger partial charge in [-0.3, -0.25) is 4.79 Å². The van der Waals surface area contributed by atoms with Crippen LogP contribution >= 0.6 is 23.4 Å². The number of nitrogens with one attached hydrogen (secondary N) is 2. The molecule has 0 unspecified atom stereocenters. The summed E-state index contributed by atoms with van der Waals surface area (Å²) in [6, 6.07) is 13.1. The number of hydrogen-bond acceptors (Lipinski definition) is 6. The topological polar surface area (TPSA) is 81.1 Å². The first-order valence-electron chi connectivity index (χ1n) is 10.6. The van der Waals surface area contributed by atoms with Gasteiger partial charge in [-0.15, -0.1) is 10.2 Å². The Hall–Kier alpha value is -2.71. The average Bonchev–Trinajstić information content (AvgIpc) is 3.20. The summed E-state index contributed by atoms with van der Waals surface area (Å²) in [5.41, 5.74) is 6.32. The van der Waals surface area contributed by atoms with E-state index in [2.05, 4.69) is 34.8 Å². The molecule has 1 aromatic heterocycles. The number of thioether (sulfide) groups is 1. The van der Waals surface area contributed by atoms with Crippen LogP contribution in [0.15, 0.2) is 47.6 Å². The number of aromatic nitrogens is 3. The molecule has 1 aliphatic rings. The molecule has 0 fully saturated rings. The lowest BCUT2D eigenvalue weighted by Gasteiger charge is -2.33. The maximum Gasteiger partial charge on any atom is 0.240 e. The summed E-state index contributed by atoms with van der Waals surface area (Å²) in [5.74, 6) is 1.32. The average molecular weight is 472 g/mol. The number of rotatable bonds is 7. The lowest BCUT2D eigenvalue weighted by Crippen LogP contribution is -2.41. The highest BCUT2D eigenvalue weighted by Crippen LogP contribution is 2.39. The van der Waals surface area contributed by atoms with Crippen LogP contribution in [-0.2, 0) is 17.6 Å². The van der Waals surface area contributed by atoms with E-state index in [1.165, 1.54) is 17.3 Å². The Morgan fingerprint density at radius 1 is 1.22 bits per heavy atom. The SMILES string of the molecule is CCCc1nnc2n1N[C@H](c1ccc(OC)c(Cl)c1)[C@@H](C(=O)Nc1ccc(CC)cc1)S2. The standard InChI is InChI=1S/C23H26ClN5O2S/c1-4-6-19-26-27-23-29(19)28-20(15-9-12-18(31-3)17(24)13-15)21(32-23)22(30)25-16-10-7-14(5-2)8-11-16/h7-13,20-21,28H,4-6H2,1-3H3,(H,25,30)/t20-,21+/m1/s1. The predicted octanol–water partition coefficient (Wildman–Crippen LogP) is 4.85. The second-order valence-electron chi connectivity index (χ2n) is 7.56. The van der Waals surface area contributed by atoms with Crippen LogP contribution in [0.4, 0.5) is 5.69 Å². The molecule has 1 aliphatic heterocycles. The molecule has 0 saturated heterocycles. The normalized spacial score (nSPS) is 17.4. The van der Waals surface area contributed by atoms with Crippen LogP contribution < -0.4 is 15.5 Å². The summed E-state index contributed by atoms with van der Waals surface area (Å²) in [6.45, 7) is 4.20. The predicted molar refractivity (Wildman–Crippen MR) is 128 cm³/mol. The van der Waals surface area contributed by atoms with Crippen molar-refractivity contribution in [3.63, 3.8) is 0 Å². The van der Waals surface area contributed by atoms with Crippen molar-refractivity contribution in [3.8, 4) is 5.75 Å². The summed E-state index contributed by atoms with van der Waals surface area (Å²) in [6.07, 6.45) is 2.69. The van der Waals surface area contributed by atoms with Gasteiger partial charge in [0.15, 0.2) is 5.82 Å². The van der Waals surface area contributed by atoms with E-state index in [4.69, 9.17) is 16.3 Å². The Morgan fingerprint density at radius 2 is 2.00 bits per heavy atom. The molecule has 2 aromatic carbocycles. The van der Waals surface area contributed by atoms with Crippen molar-refractivity contribution >= 4 is 35.0 Å². The third kappa shape index (κ3) is 4.56. The number of benzene rings is 2. The van der Waals surface area contributed by atoms with Crippen LogP contribution in [0, 0.1) is 0 Å². The summed E-state index contributed by atoms with van der Waals surface area (Å²) in [5, 5.41) is 12.3. The van der Waals surface area contributed by atoms with Gasteiger partial charge >= 0.3 is 0 Å². The second kappa shape index (κ2) is 9.83. The smallest absolute Gasteiger partial charge is 0.240 e. The van der Waals surface area contributed by atoms with Crippen molar-refractivity contribution in [2.75, 3.05) is 17.9 Å². The Kier molecular flexibility index (Phi) is 6.91. The number of amides is 1. The first-order valence-corrected chi connectivity index (χ1v) is 11.9. The fourth-order valence-corrected chi connectivity index (χ4v) is 5.01. The number of carbonyl (C=O) groups is 1. The number of carbonyl (C=O) groups excluding carboxylic acids is 1. The first kappa shape index (κ1) is 22.5. The van der Waals surface area contributed by atoms with Crippen molar-refractivity contribution in [3.05, 3.63) is 64.4 Å². The monoisotopic (exact) mass is 471 g/mol. The highest BCUT2D eigenvalue weighted by molar-refractivity contribution is 8.00. The number of fused-ring (bicyclic) bond motifs is 1. The van der Waals surface area contributed by atoms with E-state index in [1.54, 1.807) is 7.11 Å². The van der Waals surface area contributed by atoms with Crippen LogP contribution in [0.5, 0.6) is 5.75 Å². The van der Waals surface area contributed by atoms with E-state index in [0.717, 1.165) is 36.3 Å². The van der Waals surface area contributed by atoms with Crippen molar-refractivity contribution in [1.82, 2.24) is 14.9 Å². The van der Waals surface area contributed by atoms with E-state index in [0.29, 0.717) is 15.9 Å². The molecule has 7 nitrogen and oxygen atoms in total. The third-order valence-corrected chi connectivity index (χ3v) is 6.91. The molecular formula is C23H26ClN5O2S. The maximum atomic E-state index is 13.4. The second-order valence-corrected chi connectivity index (χ2v) is 9.08. The molecule has 2 atom stereocenters. The molecule has 0 aliphatic carbocycles. The molecule has 168 valence electrons. The summed E-state index contributed by atoms with van der Waals surface area (Å²) >= 11 is 7.80. The first-order chi connectivity index (χ1) is 15.5. The van der Waals surface area contributed by atoms with Crippen LogP contribution in [0.25, 0.3) is 0 Å². The molecule has 9 heteroatoms. The molecular weight excluding hydrogens is 446 g/mol. The van der Waals surface area contributed by atoms with Gasteiger partial charge in [-0.25, -0.2) is 4.68 Å². The van der Waals surface area contributed by atoms with Gasteiger partial charge in [0, 0.05) is 12.1 Å². The maximum absolute atomic E-state index is 13.4. The number of nitrogens with zero attached hydrogens (tertiary/aromatic N) is 3. The van der Waals surface area contributed by atoms with Gasteiger partial charge in [0.25, 0.3) is 0 Å². The molecule has 32 heavy (non-hydrogen) atoms. The molecule has 1 amide bonds. The lowest BCUT2D eigenvalue weighted by molar-refractivity contribution is -0.116. The highest BCUT2D eigenvalue weighted by Gasteiger charge is 2.38. The zero-order chi connectivity index (χ0) is 22.7. The lowest BCUT2D eigenvalue weighted by atomic mass is 10.0. The summed E-state index contributed by atoms with van der Waals surface area (Å²) in [7, 11) is 1.58. The van der Waals surface area contributed by atoms with E-state index >= 15 is 0 Å². The van der Waals surface area contributed by atoms with Crippen LogP contribution in [-0.4, -0.2) is 33.1 Å². The summed E-state index contributed by atoms with van der Waals surface area (Å²) < 4.78 is 7.18. The van der Waals surface area contributed by atoms with Gasteiger partial charge < -0.3 is 15.5 Å². The molecule has 0 radical (unpaired) electrons. The number of methoxy groups -OCH3 is 1. The van der Waals surface area contributed by atoms with Crippen LogP contribution in [0.2, 0.25) is 5.02 Å². The quantitative estimate of drug-likeness (QED) is 0.512. The number of ether oxygens (including phenoxy) is 1. The Bertz CT molecular complexity index is 1100. The van der Waals surface area contributed by atoms with Gasteiger partial charge in [-0.2, -0.15) is 0 Å². The number of halogens is 1. The molecule has 2 N–H and O–H groups in total. The van der Waals surface area contributed by atoms with Crippen LogP contribution in [0.1, 0.15) is 43.3 Å². The van der Waals surface area contributed by atoms with Crippen molar-refractivity contribution in [2.24, 2.45) is 0 Å².